The molecule has 1 aliphatic rings. The van der Waals surface area contributed by atoms with Gasteiger partial charge in [-0.15, -0.1) is 0 Å². The average molecular weight is 491 g/mol. The topological polar surface area (TPSA) is 69.6 Å². The lowest BCUT2D eigenvalue weighted by atomic mass is 10.1. The number of hydrogen-bond donors (Lipinski definition) is 0. The van der Waals surface area contributed by atoms with Crippen LogP contribution >= 0.6 is 11.8 Å². The van der Waals surface area contributed by atoms with Crippen molar-refractivity contribution in [3.05, 3.63) is 82.8 Å². The number of carbonyl (C=O) groups excluding carboxylic acids is 1. The van der Waals surface area contributed by atoms with Gasteiger partial charge in [-0.2, -0.15) is 0 Å². The molecule has 1 heterocycles. The summed E-state index contributed by atoms with van der Waals surface area (Å²) >= 11 is 1.32. The Morgan fingerprint density at radius 2 is 1.49 bits per heavy atom. The zero-order chi connectivity index (χ0) is 24.8. The van der Waals surface area contributed by atoms with Crippen LogP contribution in [-0.2, 0) is 11.3 Å². The summed E-state index contributed by atoms with van der Waals surface area (Å²) < 4.78 is 21.6. The number of rotatable bonds is 8. The molecule has 1 saturated heterocycles. The Bertz CT molecular complexity index is 1260. The highest BCUT2D eigenvalue weighted by Crippen LogP contribution is 2.40. The van der Waals surface area contributed by atoms with Gasteiger partial charge in [0.1, 0.15) is 11.5 Å². The van der Waals surface area contributed by atoms with Crippen LogP contribution in [0.4, 0.5) is 5.69 Å². The number of benzene rings is 3. The molecule has 0 N–H and O–H groups in total. The minimum Gasteiger partial charge on any atom is -0.497 e. The summed E-state index contributed by atoms with van der Waals surface area (Å²) in [6.45, 7) is 0.377. The van der Waals surface area contributed by atoms with Crippen molar-refractivity contribution < 1.29 is 23.7 Å². The zero-order valence-corrected chi connectivity index (χ0v) is 20.8. The van der Waals surface area contributed by atoms with Crippen LogP contribution in [-0.4, -0.2) is 44.4 Å². The number of methoxy groups -OCH3 is 4. The van der Waals surface area contributed by atoms with Gasteiger partial charge in [0.15, 0.2) is 16.7 Å². The molecule has 0 radical (unpaired) electrons. The molecule has 180 valence electrons. The van der Waals surface area contributed by atoms with E-state index in [2.05, 4.69) is 0 Å². The van der Waals surface area contributed by atoms with E-state index in [0.29, 0.717) is 39.4 Å². The quantitative estimate of drug-likeness (QED) is 0.387. The fourth-order valence-corrected chi connectivity index (χ4v) is 4.55. The zero-order valence-electron chi connectivity index (χ0n) is 20.0. The molecule has 1 aliphatic heterocycles. The summed E-state index contributed by atoms with van der Waals surface area (Å²) in [7, 11) is 6.33. The molecule has 35 heavy (non-hydrogen) atoms. The summed E-state index contributed by atoms with van der Waals surface area (Å²) in [5.41, 5.74) is 2.43. The molecule has 1 amide bonds. The second kappa shape index (κ2) is 11.0. The highest BCUT2D eigenvalue weighted by atomic mass is 32.2. The number of para-hydroxylation sites is 1. The van der Waals surface area contributed by atoms with E-state index in [-0.39, 0.29) is 5.91 Å². The smallest absolute Gasteiger partial charge is 0.267 e. The van der Waals surface area contributed by atoms with Crippen LogP contribution in [0.5, 0.6) is 23.0 Å². The van der Waals surface area contributed by atoms with Crippen LogP contribution in [0.15, 0.2) is 76.6 Å². The van der Waals surface area contributed by atoms with Gasteiger partial charge in [-0.3, -0.25) is 9.69 Å². The number of hydrogen-bond acceptors (Lipinski definition) is 7. The number of ether oxygens (including phenoxy) is 4. The number of aliphatic imine (C=N–C) groups is 1. The van der Waals surface area contributed by atoms with E-state index >= 15 is 0 Å². The Labute approximate surface area is 209 Å². The van der Waals surface area contributed by atoms with E-state index in [1.54, 1.807) is 51.5 Å². The van der Waals surface area contributed by atoms with Gasteiger partial charge < -0.3 is 18.9 Å². The first-order chi connectivity index (χ1) is 17.1. The number of thioether (sulfide) groups is 1. The molecular formula is C27H26N2O5S. The van der Waals surface area contributed by atoms with Crippen molar-refractivity contribution in [3.63, 3.8) is 0 Å². The van der Waals surface area contributed by atoms with Crippen LogP contribution in [0.1, 0.15) is 11.1 Å². The van der Waals surface area contributed by atoms with Crippen molar-refractivity contribution in [1.82, 2.24) is 4.90 Å². The molecule has 8 heteroatoms. The van der Waals surface area contributed by atoms with Gasteiger partial charge in [-0.25, -0.2) is 4.99 Å². The van der Waals surface area contributed by atoms with Crippen LogP contribution < -0.4 is 18.9 Å². The van der Waals surface area contributed by atoms with E-state index in [9.17, 15) is 4.79 Å². The summed E-state index contributed by atoms with van der Waals surface area (Å²) in [4.78, 5) is 20.5. The Morgan fingerprint density at radius 3 is 2.11 bits per heavy atom. The van der Waals surface area contributed by atoms with Crippen LogP contribution in [0.3, 0.4) is 0 Å². The molecule has 7 nitrogen and oxygen atoms in total. The van der Waals surface area contributed by atoms with E-state index in [1.165, 1.54) is 11.8 Å². The first-order valence-electron chi connectivity index (χ1n) is 10.8. The molecule has 0 bridgehead atoms. The van der Waals surface area contributed by atoms with Crippen molar-refractivity contribution in [2.75, 3.05) is 28.4 Å². The second-order valence-corrected chi connectivity index (χ2v) is 8.54. The van der Waals surface area contributed by atoms with E-state index in [1.807, 2.05) is 54.6 Å². The molecule has 0 atom stereocenters. The highest BCUT2D eigenvalue weighted by Gasteiger charge is 2.34. The van der Waals surface area contributed by atoms with Crippen molar-refractivity contribution in [1.29, 1.82) is 0 Å². The first-order valence-corrected chi connectivity index (χ1v) is 11.7. The largest absolute Gasteiger partial charge is 0.497 e. The minimum absolute atomic E-state index is 0.141. The predicted octanol–water partition coefficient (Wildman–Crippen LogP) is 5.53. The van der Waals surface area contributed by atoms with Crippen molar-refractivity contribution in [2.45, 2.75) is 6.54 Å². The fourth-order valence-electron chi connectivity index (χ4n) is 3.56. The number of amides is 1. The van der Waals surface area contributed by atoms with E-state index in [0.717, 1.165) is 17.0 Å². The SMILES string of the molecule is COc1ccc(CN2C(=O)/C(=C/c3cc(OC)c(OC)cc3OC)SC2=Nc2ccccc2)cc1. The third-order valence-electron chi connectivity index (χ3n) is 5.39. The summed E-state index contributed by atoms with van der Waals surface area (Å²) in [6.07, 6.45) is 1.79. The van der Waals surface area contributed by atoms with Gasteiger partial charge in [0.05, 0.1) is 45.6 Å². The van der Waals surface area contributed by atoms with Gasteiger partial charge in [-0.05, 0) is 53.7 Å². The maximum Gasteiger partial charge on any atom is 0.267 e. The molecule has 0 saturated carbocycles. The molecule has 0 unspecified atom stereocenters. The average Bonchev–Trinajstić information content (AvgIpc) is 3.18. The fraction of sp³-hybridized carbons (Fsp3) is 0.185. The predicted molar refractivity (Wildman–Crippen MR) is 139 cm³/mol. The first kappa shape index (κ1) is 24.2. The van der Waals surface area contributed by atoms with Gasteiger partial charge >= 0.3 is 0 Å². The normalized spacial score (nSPS) is 15.5. The van der Waals surface area contributed by atoms with Gasteiger partial charge in [-0.1, -0.05) is 30.3 Å². The van der Waals surface area contributed by atoms with Crippen molar-refractivity contribution >= 4 is 34.6 Å². The molecular weight excluding hydrogens is 464 g/mol. The Morgan fingerprint density at radius 1 is 0.829 bits per heavy atom. The van der Waals surface area contributed by atoms with Crippen molar-refractivity contribution in [2.24, 2.45) is 4.99 Å². The van der Waals surface area contributed by atoms with Gasteiger partial charge in [0.2, 0.25) is 0 Å². The molecule has 3 aromatic rings. The van der Waals surface area contributed by atoms with E-state index in [4.69, 9.17) is 23.9 Å². The van der Waals surface area contributed by atoms with Crippen LogP contribution in [0, 0.1) is 0 Å². The molecule has 3 aromatic carbocycles. The second-order valence-electron chi connectivity index (χ2n) is 7.53. The summed E-state index contributed by atoms with van der Waals surface area (Å²) in [6, 6.07) is 20.7. The minimum atomic E-state index is -0.141. The molecule has 1 fully saturated rings. The summed E-state index contributed by atoms with van der Waals surface area (Å²) in [5, 5.41) is 0.600. The molecule has 4 rings (SSSR count). The standard InChI is InChI=1S/C27H26N2O5S/c1-31-21-12-10-18(11-13-21)17-29-26(30)25(35-27(29)28-20-8-6-5-7-9-20)15-19-14-23(33-3)24(34-4)16-22(19)32-2/h5-16H,17H2,1-4H3/b25-15-,28-27?. The summed E-state index contributed by atoms with van der Waals surface area (Å²) in [5.74, 6) is 2.28. The van der Waals surface area contributed by atoms with E-state index < -0.39 is 0 Å². The van der Waals surface area contributed by atoms with Crippen LogP contribution in [0.25, 0.3) is 6.08 Å². The van der Waals surface area contributed by atoms with Gasteiger partial charge in [0.25, 0.3) is 5.91 Å². The number of nitrogens with zero attached hydrogens (tertiary/aromatic N) is 2. The van der Waals surface area contributed by atoms with Crippen molar-refractivity contribution in [3.8, 4) is 23.0 Å². The Hall–Kier alpha value is -3.91. The lowest BCUT2D eigenvalue weighted by molar-refractivity contribution is -0.122. The lowest BCUT2D eigenvalue weighted by Crippen LogP contribution is -2.28. The third-order valence-corrected chi connectivity index (χ3v) is 6.40. The number of carbonyl (C=O) groups is 1. The number of amidine groups is 1. The highest BCUT2D eigenvalue weighted by molar-refractivity contribution is 8.18. The van der Waals surface area contributed by atoms with Gasteiger partial charge in [0, 0.05) is 11.6 Å². The lowest BCUT2D eigenvalue weighted by Gasteiger charge is -2.16. The van der Waals surface area contributed by atoms with Crippen LogP contribution in [0.2, 0.25) is 0 Å². The third kappa shape index (κ3) is 5.44. The monoisotopic (exact) mass is 490 g/mol. The molecule has 0 aromatic heterocycles. The molecule has 0 spiro atoms. The molecule has 0 aliphatic carbocycles. The maximum absolute atomic E-state index is 13.5. The Balaban J connectivity index is 1.73. The maximum atomic E-state index is 13.5. The Kier molecular flexibility index (Phi) is 7.62.